The van der Waals surface area contributed by atoms with Crippen molar-refractivity contribution in [2.75, 3.05) is 26.3 Å². The lowest BCUT2D eigenvalue weighted by Crippen LogP contribution is -2.41. The lowest BCUT2D eigenvalue weighted by Gasteiger charge is -2.31. The zero-order valence-electron chi connectivity index (χ0n) is 16.6. The van der Waals surface area contributed by atoms with Crippen molar-refractivity contribution in [3.05, 3.63) is 65.2 Å². The SMILES string of the molecule is CC1C/C(=C/c2ccco2)c2nc3ccccc3c(C(=O)N3CCOCC3)c2C1. The number of allylic oxidation sites excluding steroid dienone is 1. The number of carbonyl (C=O) groups is 1. The Kier molecular flexibility index (Phi) is 4.68. The Morgan fingerprint density at radius 2 is 1.97 bits per heavy atom. The minimum absolute atomic E-state index is 0.0922. The molecule has 3 heterocycles. The molecule has 1 unspecified atom stereocenters. The van der Waals surface area contributed by atoms with Gasteiger partial charge in [0.2, 0.25) is 0 Å². The van der Waals surface area contributed by atoms with Crippen molar-refractivity contribution in [3.8, 4) is 0 Å². The summed E-state index contributed by atoms with van der Waals surface area (Å²) in [7, 11) is 0. The molecule has 1 aromatic carbocycles. The smallest absolute Gasteiger partial charge is 0.255 e. The number of furan rings is 1. The van der Waals surface area contributed by atoms with Crippen LogP contribution in [-0.2, 0) is 11.2 Å². The summed E-state index contributed by atoms with van der Waals surface area (Å²) >= 11 is 0. The van der Waals surface area contributed by atoms with Gasteiger partial charge in [-0.15, -0.1) is 0 Å². The van der Waals surface area contributed by atoms with Gasteiger partial charge in [0.05, 0.1) is 36.3 Å². The molecule has 2 aliphatic rings. The number of rotatable bonds is 2. The second kappa shape index (κ2) is 7.48. The molecule has 1 fully saturated rings. The first-order valence-corrected chi connectivity index (χ1v) is 10.2. The lowest BCUT2D eigenvalue weighted by molar-refractivity contribution is 0.0303. The molecule has 0 radical (unpaired) electrons. The van der Waals surface area contributed by atoms with Crippen LogP contribution >= 0.6 is 0 Å². The number of nitrogens with zero attached hydrogens (tertiary/aromatic N) is 2. The minimum Gasteiger partial charge on any atom is -0.465 e. The molecule has 5 heteroatoms. The highest BCUT2D eigenvalue weighted by atomic mass is 16.5. The summed E-state index contributed by atoms with van der Waals surface area (Å²) in [4.78, 5) is 20.5. The largest absolute Gasteiger partial charge is 0.465 e. The molecule has 1 aliphatic heterocycles. The molecule has 1 atom stereocenters. The molecule has 2 aromatic heterocycles. The van der Waals surface area contributed by atoms with Crippen molar-refractivity contribution in [1.29, 1.82) is 0 Å². The number of pyridine rings is 1. The third-order valence-electron chi connectivity index (χ3n) is 5.79. The fourth-order valence-electron chi connectivity index (χ4n) is 4.45. The predicted octanol–water partition coefficient (Wildman–Crippen LogP) is 4.42. The Labute approximate surface area is 170 Å². The number of aromatic nitrogens is 1. The summed E-state index contributed by atoms with van der Waals surface area (Å²) in [5.74, 6) is 1.34. The number of ether oxygens (including phenoxy) is 1. The van der Waals surface area contributed by atoms with E-state index in [2.05, 4.69) is 13.0 Å². The molecule has 0 spiro atoms. The van der Waals surface area contributed by atoms with Gasteiger partial charge in [0.15, 0.2) is 0 Å². The summed E-state index contributed by atoms with van der Waals surface area (Å²) in [6.45, 7) is 4.69. The van der Waals surface area contributed by atoms with Crippen LogP contribution < -0.4 is 0 Å². The number of hydrogen-bond acceptors (Lipinski definition) is 4. The maximum Gasteiger partial charge on any atom is 0.255 e. The van der Waals surface area contributed by atoms with E-state index in [0.717, 1.165) is 51.9 Å². The average Bonchev–Trinajstić information content (AvgIpc) is 3.25. The molecule has 0 N–H and O–H groups in total. The van der Waals surface area contributed by atoms with E-state index in [1.54, 1.807) is 6.26 Å². The predicted molar refractivity (Wildman–Crippen MR) is 113 cm³/mol. The summed E-state index contributed by atoms with van der Waals surface area (Å²) in [5.41, 5.74) is 4.81. The van der Waals surface area contributed by atoms with Crippen molar-refractivity contribution >= 4 is 28.5 Å². The molecule has 5 rings (SSSR count). The number of benzene rings is 1. The Bertz CT molecular complexity index is 1080. The first-order valence-electron chi connectivity index (χ1n) is 10.2. The van der Waals surface area contributed by atoms with Crippen LogP contribution in [0.5, 0.6) is 0 Å². The molecule has 5 nitrogen and oxygen atoms in total. The van der Waals surface area contributed by atoms with Crippen LogP contribution in [0.1, 0.15) is 40.7 Å². The van der Waals surface area contributed by atoms with E-state index in [-0.39, 0.29) is 5.91 Å². The van der Waals surface area contributed by atoms with Gasteiger partial charge in [-0.3, -0.25) is 4.79 Å². The second-order valence-corrected chi connectivity index (χ2v) is 7.93. The monoisotopic (exact) mass is 388 g/mol. The van der Waals surface area contributed by atoms with Crippen LogP contribution in [-0.4, -0.2) is 42.1 Å². The Morgan fingerprint density at radius 3 is 2.76 bits per heavy atom. The van der Waals surface area contributed by atoms with Crippen LogP contribution in [0.15, 0.2) is 47.1 Å². The van der Waals surface area contributed by atoms with Crippen LogP contribution in [0.3, 0.4) is 0 Å². The number of para-hydroxylation sites is 1. The lowest BCUT2D eigenvalue weighted by atomic mass is 9.80. The number of carbonyl (C=O) groups excluding carboxylic acids is 1. The van der Waals surface area contributed by atoms with Crippen LogP contribution in [0.25, 0.3) is 22.6 Å². The van der Waals surface area contributed by atoms with Gasteiger partial charge >= 0.3 is 0 Å². The van der Waals surface area contributed by atoms with Gasteiger partial charge in [-0.25, -0.2) is 4.98 Å². The van der Waals surface area contributed by atoms with Gasteiger partial charge in [-0.05, 0) is 54.2 Å². The highest BCUT2D eigenvalue weighted by molar-refractivity contribution is 6.09. The fraction of sp³-hybridized carbons (Fsp3) is 0.333. The summed E-state index contributed by atoms with van der Waals surface area (Å²) in [6.07, 6.45) is 5.53. The molecular formula is C24H24N2O3. The molecule has 1 amide bonds. The van der Waals surface area contributed by atoms with Crippen molar-refractivity contribution in [2.24, 2.45) is 5.92 Å². The normalized spacial score (nSPS) is 20.8. The molecule has 29 heavy (non-hydrogen) atoms. The Morgan fingerprint density at radius 1 is 1.14 bits per heavy atom. The fourth-order valence-corrected chi connectivity index (χ4v) is 4.45. The number of amides is 1. The van der Waals surface area contributed by atoms with Crippen molar-refractivity contribution < 1.29 is 13.9 Å². The van der Waals surface area contributed by atoms with E-state index in [1.807, 2.05) is 41.3 Å². The topological polar surface area (TPSA) is 55.6 Å². The highest BCUT2D eigenvalue weighted by Gasteiger charge is 2.30. The van der Waals surface area contributed by atoms with E-state index in [0.29, 0.717) is 32.2 Å². The average molecular weight is 388 g/mol. The standard InChI is InChI=1S/C24H24N2O3/c1-16-13-17(15-18-5-4-10-29-18)23-20(14-16)22(19-6-2-3-7-21(19)25-23)24(27)26-8-11-28-12-9-26/h2-7,10,15-16H,8-9,11-14H2,1H3/b17-15-. The minimum atomic E-state index is 0.0922. The van der Waals surface area contributed by atoms with Crippen LogP contribution in [0.2, 0.25) is 0 Å². The quantitative estimate of drug-likeness (QED) is 0.652. The van der Waals surface area contributed by atoms with Crippen molar-refractivity contribution in [3.63, 3.8) is 0 Å². The van der Waals surface area contributed by atoms with Gasteiger partial charge in [-0.2, -0.15) is 0 Å². The van der Waals surface area contributed by atoms with E-state index in [1.165, 1.54) is 0 Å². The highest BCUT2D eigenvalue weighted by Crippen LogP contribution is 2.39. The molecular weight excluding hydrogens is 364 g/mol. The molecule has 0 saturated carbocycles. The molecule has 1 saturated heterocycles. The third-order valence-corrected chi connectivity index (χ3v) is 5.79. The zero-order chi connectivity index (χ0) is 19.8. The maximum atomic E-state index is 13.6. The molecule has 148 valence electrons. The van der Waals surface area contributed by atoms with Gasteiger partial charge in [0.25, 0.3) is 5.91 Å². The van der Waals surface area contributed by atoms with Gasteiger partial charge in [-0.1, -0.05) is 25.1 Å². The van der Waals surface area contributed by atoms with E-state index < -0.39 is 0 Å². The maximum absolute atomic E-state index is 13.6. The van der Waals surface area contributed by atoms with Gasteiger partial charge in [0, 0.05) is 18.5 Å². The van der Waals surface area contributed by atoms with Gasteiger partial charge in [0.1, 0.15) is 5.76 Å². The van der Waals surface area contributed by atoms with Crippen LogP contribution in [0, 0.1) is 5.92 Å². The molecule has 0 bridgehead atoms. The number of morpholine rings is 1. The first kappa shape index (κ1) is 18.1. The summed E-state index contributed by atoms with van der Waals surface area (Å²) in [6, 6.07) is 11.8. The van der Waals surface area contributed by atoms with Gasteiger partial charge < -0.3 is 14.1 Å². The third kappa shape index (κ3) is 3.36. The number of hydrogen-bond donors (Lipinski definition) is 0. The van der Waals surface area contributed by atoms with Crippen LogP contribution in [0.4, 0.5) is 0 Å². The molecule has 3 aromatic rings. The number of fused-ring (bicyclic) bond motifs is 2. The Hall–Kier alpha value is -2.92. The summed E-state index contributed by atoms with van der Waals surface area (Å²) in [5, 5.41) is 0.939. The Balaban J connectivity index is 1.72. The van der Waals surface area contributed by atoms with E-state index >= 15 is 0 Å². The van der Waals surface area contributed by atoms with Crippen molar-refractivity contribution in [1.82, 2.24) is 9.88 Å². The van der Waals surface area contributed by atoms with Crippen molar-refractivity contribution in [2.45, 2.75) is 19.8 Å². The van der Waals surface area contributed by atoms with E-state index in [9.17, 15) is 4.79 Å². The summed E-state index contributed by atoms with van der Waals surface area (Å²) < 4.78 is 11.0. The van der Waals surface area contributed by atoms with E-state index in [4.69, 9.17) is 14.1 Å². The zero-order valence-corrected chi connectivity index (χ0v) is 16.6. The second-order valence-electron chi connectivity index (χ2n) is 7.93. The first-order chi connectivity index (χ1) is 14.2. The molecule has 1 aliphatic carbocycles.